The topological polar surface area (TPSA) is 34.0 Å². The molecule has 2 aromatic carbocycles. The van der Waals surface area contributed by atoms with Crippen LogP contribution in [0.4, 0.5) is 4.39 Å². The lowest BCUT2D eigenvalue weighted by atomic mass is 10.2. The van der Waals surface area contributed by atoms with E-state index in [1.54, 1.807) is 22.9 Å². The third-order valence-corrected chi connectivity index (χ3v) is 3.41. The van der Waals surface area contributed by atoms with Crippen molar-refractivity contribution in [3.8, 4) is 0 Å². The van der Waals surface area contributed by atoms with Crippen LogP contribution in [-0.4, -0.2) is 10.5 Å². The van der Waals surface area contributed by atoms with Gasteiger partial charge < -0.3 is 9.88 Å². The summed E-state index contributed by atoms with van der Waals surface area (Å²) in [5.41, 5.74) is 1.78. The minimum atomic E-state index is -0.268. The van der Waals surface area contributed by atoms with Crippen LogP contribution in [0.15, 0.2) is 60.8 Å². The molecule has 21 heavy (non-hydrogen) atoms. The van der Waals surface area contributed by atoms with Crippen molar-refractivity contribution in [2.75, 3.05) is 0 Å². The van der Waals surface area contributed by atoms with Crippen molar-refractivity contribution in [2.24, 2.45) is 0 Å². The zero-order valence-electron chi connectivity index (χ0n) is 11.4. The SMILES string of the molecule is O=C(Cn1ccc2c(F)cccc21)NCc1ccccc1. The van der Waals surface area contributed by atoms with Crippen LogP contribution in [-0.2, 0) is 17.9 Å². The average molecular weight is 282 g/mol. The molecule has 0 aliphatic carbocycles. The molecule has 0 aliphatic rings. The van der Waals surface area contributed by atoms with Gasteiger partial charge in [0, 0.05) is 18.1 Å². The molecule has 0 radical (unpaired) electrons. The molecule has 1 amide bonds. The normalized spacial score (nSPS) is 10.7. The Labute approximate surface area is 122 Å². The number of hydrogen-bond acceptors (Lipinski definition) is 1. The molecule has 0 spiro atoms. The van der Waals surface area contributed by atoms with Crippen molar-refractivity contribution in [3.05, 3.63) is 72.2 Å². The van der Waals surface area contributed by atoms with Crippen molar-refractivity contribution in [1.82, 2.24) is 9.88 Å². The van der Waals surface area contributed by atoms with Gasteiger partial charge in [-0.25, -0.2) is 4.39 Å². The van der Waals surface area contributed by atoms with Gasteiger partial charge in [0.1, 0.15) is 12.4 Å². The van der Waals surface area contributed by atoms with Gasteiger partial charge in [0.05, 0.1) is 5.52 Å². The highest BCUT2D eigenvalue weighted by molar-refractivity contribution is 5.83. The van der Waals surface area contributed by atoms with E-state index in [-0.39, 0.29) is 18.3 Å². The average Bonchev–Trinajstić information content (AvgIpc) is 2.91. The molecule has 106 valence electrons. The van der Waals surface area contributed by atoms with Crippen LogP contribution < -0.4 is 5.32 Å². The third-order valence-electron chi connectivity index (χ3n) is 3.41. The molecule has 1 N–H and O–H groups in total. The first-order chi connectivity index (χ1) is 10.2. The van der Waals surface area contributed by atoms with Crippen LogP contribution in [0.25, 0.3) is 10.9 Å². The van der Waals surface area contributed by atoms with Gasteiger partial charge in [0.2, 0.25) is 5.91 Å². The lowest BCUT2D eigenvalue weighted by molar-refractivity contribution is -0.121. The molecule has 0 unspecified atom stereocenters. The van der Waals surface area contributed by atoms with E-state index in [0.717, 1.165) is 11.1 Å². The summed E-state index contributed by atoms with van der Waals surface area (Å²) in [6.45, 7) is 0.674. The number of carbonyl (C=O) groups excluding carboxylic acids is 1. The van der Waals surface area contributed by atoms with E-state index in [0.29, 0.717) is 11.9 Å². The van der Waals surface area contributed by atoms with E-state index in [1.165, 1.54) is 6.07 Å². The van der Waals surface area contributed by atoms with E-state index in [4.69, 9.17) is 0 Å². The number of nitrogens with zero attached hydrogens (tertiary/aromatic N) is 1. The lowest BCUT2D eigenvalue weighted by Crippen LogP contribution is -2.26. The number of carbonyl (C=O) groups is 1. The molecule has 0 bridgehead atoms. The molecule has 0 atom stereocenters. The summed E-state index contributed by atoms with van der Waals surface area (Å²) in [6.07, 6.45) is 1.73. The highest BCUT2D eigenvalue weighted by atomic mass is 19.1. The van der Waals surface area contributed by atoms with E-state index in [9.17, 15) is 9.18 Å². The van der Waals surface area contributed by atoms with Gasteiger partial charge in [0.15, 0.2) is 0 Å². The number of halogens is 1. The smallest absolute Gasteiger partial charge is 0.240 e. The van der Waals surface area contributed by atoms with Crippen LogP contribution in [0, 0.1) is 5.82 Å². The first-order valence-corrected chi connectivity index (χ1v) is 6.78. The van der Waals surface area contributed by atoms with Gasteiger partial charge in [0.25, 0.3) is 0 Å². The van der Waals surface area contributed by atoms with E-state index in [2.05, 4.69) is 5.32 Å². The standard InChI is InChI=1S/C17H15FN2O/c18-15-7-4-8-16-14(15)9-10-20(16)12-17(21)19-11-13-5-2-1-3-6-13/h1-10H,11-12H2,(H,19,21). The van der Waals surface area contributed by atoms with Gasteiger partial charge in [-0.3, -0.25) is 4.79 Å². The maximum absolute atomic E-state index is 13.6. The predicted octanol–water partition coefficient (Wildman–Crippen LogP) is 3.10. The minimum absolute atomic E-state index is 0.0967. The van der Waals surface area contributed by atoms with Crippen molar-refractivity contribution >= 4 is 16.8 Å². The number of fused-ring (bicyclic) bond motifs is 1. The number of benzene rings is 2. The summed E-state index contributed by atoms with van der Waals surface area (Å²) in [6, 6.07) is 16.3. The van der Waals surface area contributed by atoms with Crippen molar-refractivity contribution < 1.29 is 9.18 Å². The van der Waals surface area contributed by atoms with Crippen LogP contribution in [0.1, 0.15) is 5.56 Å². The van der Waals surface area contributed by atoms with Crippen molar-refractivity contribution in [1.29, 1.82) is 0 Å². The van der Waals surface area contributed by atoms with Gasteiger partial charge in [-0.15, -0.1) is 0 Å². The summed E-state index contributed by atoms with van der Waals surface area (Å²) in [7, 11) is 0. The lowest BCUT2D eigenvalue weighted by Gasteiger charge is -2.07. The first-order valence-electron chi connectivity index (χ1n) is 6.78. The summed E-state index contributed by atoms with van der Waals surface area (Å²) < 4.78 is 15.3. The van der Waals surface area contributed by atoms with Crippen LogP contribution in [0.5, 0.6) is 0 Å². The van der Waals surface area contributed by atoms with Gasteiger partial charge in [-0.2, -0.15) is 0 Å². The Morgan fingerprint density at radius 1 is 1.05 bits per heavy atom. The fraction of sp³-hybridized carbons (Fsp3) is 0.118. The second kappa shape index (κ2) is 5.79. The maximum atomic E-state index is 13.6. The van der Waals surface area contributed by atoms with Crippen molar-refractivity contribution in [3.63, 3.8) is 0 Å². The zero-order chi connectivity index (χ0) is 14.7. The second-order valence-electron chi connectivity index (χ2n) is 4.88. The Morgan fingerprint density at radius 3 is 2.67 bits per heavy atom. The second-order valence-corrected chi connectivity index (χ2v) is 4.88. The Hall–Kier alpha value is -2.62. The van der Waals surface area contributed by atoms with E-state index < -0.39 is 0 Å². The van der Waals surface area contributed by atoms with E-state index >= 15 is 0 Å². The van der Waals surface area contributed by atoms with Gasteiger partial charge >= 0.3 is 0 Å². The fourth-order valence-electron chi connectivity index (χ4n) is 2.33. The largest absolute Gasteiger partial charge is 0.350 e. The molecule has 0 aliphatic heterocycles. The predicted molar refractivity (Wildman–Crippen MR) is 80.2 cm³/mol. The molecule has 1 heterocycles. The summed E-state index contributed by atoms with van der Waals surface area (Å²) in [5, 5.41) is 3.40. The fourth-order valence-corrected chi connectivity index (χ4v) is 2.33. The number of hydrogen-bond donors (Lipinski definition) is 1. The summed E-state index contributed by atoms with van der Waals surface area (Å²) in [5.74, 6) is -0.364. The Kier molecular flexibility index (Phi) is 3.69. The van der Waals surface area contributed by atoms with E-state index in [1.807, 2.05) is 36.4 Å². The molecule has 0 saturated heterocycles. The summed E-state index contributed by atoms with van der Waals surface area (Å²) in [4.78, 5) is 12.0. The zero-order valence-corrected chi connectivity index (χ0v) is 11.4. The third kappa shape index (κ3) is 2.94. The first kappa shape index (κ1) is 13.4. The van der Waals surface area contributed by atoms with Crippen LogP contribution in [0.3, 0.4) is 0 Å². The Morgan fingerprint density at radius 2 is 1.86 bits per heavy atom. The number of amides is 1. The highest BCUT2D eigenvalue weighted by Crippen LogP contribution is 2.18. The molecule has 4 heteroatoms. The Bertz CT molecular complexity index is 765. The Balaban J connectivity index is 1.68. The van der Waals surface area contributed by atoms with Crippen LogP contribution >= 0.6 is 0 Å². The number of rotatable bonds is 4. The molecule has 3 aromatic rings. The monoisotopic (exact) mass is 282 g/mol. The van der Waals surface area contributed by atoms with Crippen LogP contribution in [0.2, 0.25) is 0 Å². The molecule has 0 fully saturated rings. The molecule has 0 saturated carbocycles. The number of nitrogens with one attached hydrogen (secondary N) is 1. The minimum Gasteiger partial charge on any atom is -0.350 e. The number of aromatic nitrogens is 1. The molecule has 3 rings (SSSR count). The molecule has 3 nitrogen and oxygen atoms in total. The molecular weight excluding hydrogens is 267 g/mol. The quantitative estimate of drug-likeness (QED) is 0.784. The summed E-state index contributed by atoms with van der Waals surface area (Å²) >= 11 is 0. The highest BCUT2D eigenvalue weighted by Gasteiger charge is 2.08. The van der Waals surface area contributed by atoms with Gasteiger partial charge in [-0.1, -0.05) is 36.4 Å². The maximum Gasteiger partial charge on any atom is 0.240 e. The molecule has 1 aromatic heterocycles. The molecular formula is C17H15FN2O. The van der Waals surface area contributed by atoms with Gasteiger partial charge in [-0.05, 0) is 23.8 Å². The van der Waals surface area contributed by atoms with Crippen molar-refractivity contribution in [2.45, 2.75) is 13.1 Å².